The summed E-state index contributed by atoms with van der Waals surface area (Å²) in [7, 11) is 0. The highest BCUT2D eigenvalue weighted by molar-refractivity contribution is 6.33. The van der Waals surface area contributed by atoms with E-state index in [4.69, 9.17) is 46.0 Å². The quantitative estimate of drug-likeness (QED) is 0.0302. The van der Waals surface area contributed by atoms with E-state index < -0.39 is 145 Å². The van der Waals surface area contributed by atoms with Crippen molar-refractivity contribution in [3.8, 4) is 0 Å². The maximum atomic E-state index is 14.3. The lowest BCUT2D eigenvalue weighted by molar-refractivity contribution is -0.136. The molecule has 2 rings (SSSR count). The lowest BCUT2D eigenvalue weighted by Gasteiger charge is -2.28. The fourth-order valence-electron chi connectivity index (χ4n) is 7.79. The number of rotatable bonds is 36. The third-order valence-electron chi connectivity index (χ3n) is 12.0. The molecule has 446 valence electrons. The van der Waals surface area contributed by atoms with Gasteiger partial charge in [-0.15, -0.1) is 0 Å². The van der Waals surface area contributed by atoms with Crippen LogP contribution in [0, 0.1) is 0 Å². The number of urea groups is 1. The Labute approximate surface area is 469 Å². The van der Waals surface area contributed by atoms with Gasteiger partial charge in [-0.05, 0) is 116 Å². The Hall–Kier alpha value is -7.09. The number of hydrogen-bond donors (Lipinski definition) is 19. The lowest BCUT2D eigenvalue weighted by atomic mass is 10.1. The SMILES string of the molecule is CC(Cc1ccccc1)NC(=O)C(CCN)NC(=O)C(CCNC(=O)C(NC(=O)C(CCN)NC(=O)C(CCN)NC(=O)CN)C(C)O)NC(=O)C(CCN)NC(=O)C(NC(=O)C(CCN)NC(=O)Nc1ccccc1Cl)C(C)O. The van der Waals surface area contributed by atoms with Crippen LogP contribution in [0.3, 0.4) is 0 Å². The third kappa shape index (κ3) is 24.5. The number of hydrogen-bond acceptors (Lipinski definition) is 18. The molecule has 0 aromatic heterocycles. The molecule has 11 atom stereocenters. The summed E-state index contributed by atoms with van der Waals surface area (Å²) in [5, 5.41) is 49.1. The summed E-state index contributed by atoms with van der Waals surface area (Å²) in [5.74, 6) is -7.97. The van der Waals surface area contributed by atoms with Gasteiger partial charge in [0, 0.05) is 12.6 Å². The number of anilines is 1. The fourth-order valence-corrected chi connectivity index (χ4v) is 7.97. The molecular weight excluding hydrogens is 1070 g/mol. The Morgan fingerprint density at radius 1 is 0.450 bits per heavy atom. The molecule has 11 unspecified atom stereocenters. The minimum absolute atomic E-state index is 0.0157. The van der Waals surface area contributed by atoms with E-state index in [-0.39, 0.29) is 75.5 Å². The van der Waals surface area contributed by atoms with Gasteiger partial charge in [0.2, 0.25) is 53.2 Å². The molecule has 25 N–H and O–H groups in total. The second kappa shape index (κ2) is 37.0. The predicted octanol–water partition coefficient (Wildman–Crippen LogP) is -6.06. The molecule has 0 radical (unpaired) electrons. The number of amides is 11. The molecule has 0 aliphatic rings. The molecule has 2 aromatic rings. The van der Waals surface area contributed by atoms with Crippen molar-refractivity contribution in [2.75, 3.05) is 51.1 Å². The summed E-state index contributed by atoms with van der Waals surface area (Å²) in [4.78, 5) is 135. The van der Waals surface area contributed by atoms with Gasteiger partial charge < -0.3 is 103 Å². The zero-order valence-corrected chi connectivity index (χ0v) is 46.0. The average Bonchev–Trinajstić information content (AvgIpc) is 3.41. The maximum Gasteiger partial charge on any atom is 0.319 e. The monoisotopic (exact) mass is 1150 g/mol. The van der Waals surface area contributed by atoms with Crippen LogP contribution >= 0.6 is 11.6 Å². The van der Waals surface area contributed by atoms with Crippen molar-refractivity contribution < 1.29 is 58.2 Å². The summed E-state index contributed by atoms with van der Waals surface area (Å²) >= 11 is 6.15. The van der Waals surface area contributed by atoms with Crippen LogP contribution in [-0.4, -0.2) is 182 Å². The molecule has 2 aromatic carbocycles. The van der Waals surface area contributed by atoms with Crippen LogP contribution in [0.15, 0.2) is 54.6 Å². The smallest absolute Gasteiger partial charge is 0.319 e. The van der Waals surface area contributed by atoms with E-state index in [1.807, 2.05) is 30.3 Å². The lowest BCUT2D eigenvalue weighted by Crippen LogP contribution is -2.62. The summed E-state index contributed by atoms with van der Waals surface area (Å²) < 4.78 is 0. The van der Waals surface area contributed by atoms with Crippen LogP contribution in [0.5, 0.6) is 0 Å². The fraction of sp³-hybridized carbons (Fsp3) is 0.560. The number of para-hydroxylation sites is 1. The van der Waals surface area contributed by atoms with Crippen molar-refractivity contribution >= 4 is 76.5 Å². The van der Waals surface area contributed by atoms with Crippen molar-refractivity contribution in [3.63, 3.8) is 0 Å². The van der Waals surface area contributed by atoms with E-state index in [0.29, 0.717) is 6.42 Å². The van der Waals surface area contributed by atoms with E-state index in [0.717, 1.165) is 5.56 Å². The molecule has 0 saturated carbocycles. The highest BCUT2D eigenvalue weighted by atomic mass is 35.5. The summed E-state index contributed by atoms with van der Waals surface area (Å²) in [5.41, 5.74) is 35.3. The zero-order chi connectivity index (χ0) is 59.9. The summed E-state index contributed by atoms with van der Waals surface area (Å²) in [6.45, 7) is 2.74. The third-order valence-corrected chi connectivity index (χ3v) is 12.4. The summed E-state index contributed by atoms with van der Waals surface area (Å²) in [6, 6.07) is 2.66. The first kappa shape index (κ1) is 69.0. The van der Waals surface area contributed by atoms with Crippen LogP contribution in [0.2, 0.25) is 5.02 Å². The standard InChI is InChI=1S/C50H82ClN17O12/c1-27(25-30-9-5-4-6-10-30)59-42(72)34(14-20-53)61-45(75)38(18-24-58-48(78)40(28(2)69)67-46(76)36(16-22-55)62-43(73)33(13-19-52)60-39(71)26-57)63-44(74)35(15-21-54)64-49(79)41(29(3)70)68-47(77)37(17-23-56)66-50(80)65-32-12-8-7-11-31(32)51/h4-12,27-29,33-38,40-41,69-70H,13-26,52-57H2,1-3H3,(H,58,78)(H,59,72)(H,60,71)(H,61,75)(H,62,73)(H,63,74)(H,64,79)(H,67,76)(H,68,77)(H2,65,66,80). The number of carbonyl (C=O) groups excluding carboxylic acids is 10. The number of aliphatic hydroxyl groups excluding tert-OH is 2. The summed E-state index contributed by atoms with van der Waals surface area (Å²) in [6.07, 6.45) is -3.74. The Kier molecular flexibility index (Phi) is 31.9. The van der Waals surface area contributed by atoms with Crippen LogP contribution in [0.1, 0.15) is 64.9 Å². The minimum Gasteiger partial charge on any atom is -0.391 e. The number of carbonyl (C=O) groups is 10. The van der Waals surface area contributed by atoms with Gasteiger partial charge in [-0.25, -0.2) is 4.79 Å². The average molecular weight is 1150 g/mol. The zero-order valence-electron chi connectivity index (χ0n) is 45.3. The molecule has 0 heterocycles. The van der Waals surface area contributed by atoms with Gasteiger partial charge in [-0.1, -0.05) is 54.1 Å². The Balaban J connectivity index is 2.40. The number of nitrogens with one attached hydrogen (secondary N) is 11. The van der Waals surface area contributed by atoms with Gasteiger partial charge in [0.15, 0.2) is 0 Å². The van der Waals surface area contributed by atoms with E-state index in [1.165, 1.54) is 26.0 Å². The van der Waals surface area contributed by atoms with Crippen molar-refractivity contribution in [1.82, 2.24) is 53.2 Å². The van der Waals surface area contributed by atoms with Crippen LogP contribution in [0.4, 0.5) is 10.5 Å². The maximum absolute atomic E-state index is 14.3. The van der Waals surface area contributed by atoms with Crippen LogP contribution in [-0.2, 0) is 49.6 Å². The second-order valence-corrected chi connectivity index (χ2v) is 19.1. The van der Waals surface area contributed by atoms with Gasteiger partial charge in [0.05, 0.1) is 29.5 Å². The van der Waals surface area contributed by atoms with Crippen molar-refractivity contribution in [2.45, 2.75) is 132 Å². The molecule has 0 aliphatic carbocycles. The van der Waals surface area contributed by atoms with Gasteiger partial charge in [-0.3, -0.25) is 43.2 Å². The molecule has 29 nitrogen and oxygen atoms in total. The molecule has 30 heteroatoms. The molecule has 0 bridgehead atoms. The molecular formula is C50H82ClN17O12. The van der Waals surface area contributed by atoms with E-state index >= 15 is 0 Å². The van der Waals surface area contributed by atoms with Crippen LogP contribution < -0.4 is 92.9 Å². The Morgan fingerprint density at radius 2 is 0.825 bits per heavy atom. The van der Waals surface area contributed by atoms with E-state index in [9.17, 15) is 58.2 Å². The van der Waals surface area contributed by atoms with E-state index in [2.05, 4.69) is 58.5 Å². The molecule has 11 amide bonds. The minimum atomic E-state index is -1.74. The van der Waals surface area contributed by atoms with Crippen molar-refractivity contribution in [3.05, 3.63) is 65.2 Å². The first-order chi connectivity index (χ1) is 38.0. The van der Waals surface area contributed by atoms with Gasteiger partial charge in [0.25, 0.3) is 0 Å². The molecule has 80 heavy (non-hydrogen) atoms. The number of aliphatic hydroxyl groups is 2. The molecule has 0 fully saturated rings. The normalized spacial score (nSPS) is 15.2. The van der Waals surface area contributed by atoms with Gasteiger partial charge >= 0.3 is 6.03 Å². The highest BCUT2D eigenvalue weighted by Crippen LogP contribution is 2.20. The topological polar surface area (TPSA) is 500 Å². The first-order valence-corrected chi connectivity index (χ1v) is 26.5. The molecule has 0 saturated heterocycles. The number of nitrogens with two attached hydrogens (primary N) is 6. The molecule has 0 aliphatic heterocycles. The Morgan fingerprint density at radius 3 is 1.26 bits per heavy atom. The molecule has 0 spiro atoms. The number of benzene rings is 2. The Bertz CT molecular complexity index is 2340. The highest BCUT2D eigenvalue weighted by Gasteiger charge is 2.36. The predicted molar refractivity (Wildman–Crippen MR) is 297 cm³/mol. The van der Waals surface area contributed by atoms with E-state index in [1.54, 1.807) is 19.1 Å². The second-order valence-electron chi connectivity index (χ2n) is 18.7. The van der Waals surface area contributed by atoms with Crippen LogP contribution in [0.25, 0.3) is 0 Å². The number of halogens is 1. The van der Waals surface area contributed by atoms with Crippen molar-refractivity contribution in [2.24, 2.45) is 34.4 Å². The van der Waals surface area contributed by atoms with Crippen molar-refractivity contribution in [1.29, 1.82) is 0 Å². The van der Waals surface area contributed by atoms with Gasteiger partial charge in [0.1, 0.15) is 48.3 Å². The van der Waals surface area contributed by atoms with Gasteiger partial charge in [-0.2, -0.15) is 0 Å². The first-order valence-electron chi connectivity index (χ1n) is 26.2. The largest absolute Gasteiger partial charge is 0.391 e.